The van der Waals surface area contributed by atoms with Crippen molar-refractivity contribution >= 4 is 17.5 Å². The summed E-state index contributed by atoms with van der Waals surface area (Å²) in [7, 11) is 0. The van der Waals surface area contributed by atoms with Crippen LogP contribution in [-0.4, -0.2) is 58.7 Å². The molecule has 9 nitrogen and oxygen atoms in total. The van der Waals surface area contributed by atoms with Crippen LogP contribution in [0.2, 0.25) is 5.28 Å². The zero-order valence-electron chi connectivity index (χ0n) is 10.0. The summed E-state index contributed by atoms with van der Waals surface area (Å²) < 4.78 is 1.31. The molecule has 0 aliphatic carbocycles. The Morgan fingerprint density at radius 2 is 2.05 bits per heavy atom. The monoisotopic (exact) mass is 285 g/mol. The van der Waals surface area contributed by atoms with Crippen molar-refractivity contribution in [1.29, 1.82) is 0 Å². The number of aliphatic hydroxyl groups excluding tert-OH is 2. The molecule has 0 aromatic carbocycles. The van der Waals surface area contributed by atoms with Gasteiger partial charge in [-0.25, -0.2) is 4.98 Å². The maximum Gasteiger partial charge on any atom is 0.258 e. The van der Waals surface area contributed by atoms with Gasteiger partial charge in [0.1, 0.15) is 12.7 Å². The van der Waals surface area contributed by atoms with Crippen LogP contribution in [0.25, 0.3) is 5.95 Å². The molecule has 2 aromatic heterocycles. The van der Waals surface area contributed by atoms with Gasteiger partial charge in [-0.2, -0.15) is 24.7 Å². The molecule has 0 atom stereocenters. The maximum atomic E-state index is 9.21. The van der Waals surface area contributed by atoms with E-state index in [1.54, 1.807) is 6.92 Å². The summed E-state index contributed by atoms with van der Waals surface area (Å²) in [6.45, 7) is 1.01. The Hall–Kier alpha value is -1.84. The van der Waals surface area contributed by atoms with Crippen molar-refractivity contribution in [2.75, 3.05) is 18.5 Å². The fraction of sp³-hybridized carbons (Fsp3) is 0.444. The highest BCUT2D eigenvalue weighted by Crippen LogP contribution is 2.13. The smallest absolute Gasteiger partial charge is 0.258 e. The van der Waals surface area contributed by atoms with E-state index in [1.165, 1.54) is 17.3 Å². The lowest BCUT2D eigenvalue weighted by Crippen LogP contribution is -2.43. The average Bonchev–Trinajstić information content (AvgIpc) is 2.92. The van der Waals surface area contributed by atoms with E-state index < -0.39 is 5.54 Å². The van der Waals surface area contributed by atoms with Crippen molar-refractivity contribution in [2.24, 2.45) is 0 Å². The standard InChI is InChI=1S/C9H12ClN7O2/c1-9(2-18,3-19)16-7-13-6(10)14-8(15-7)17-5-11-4-12-17/h4-5,18-19H,2-3H2,1H3,(H,13,14,15,16). The van der Waals surface area contributed by atoms with Crippen molar-refractivity contribution in [1.82, 2.24) is 29.7 Å². The first-order valence-electron chi connectivity index (χ1n) is 5.33. The van der Waals surface area contributed by atoms with Gasteiger partial charge >= 0.3 is 0 Å². The molecule has 0 amide bonds. The first-order valence-corrected chi connectivity index (χ1v) is 5.70. The number of aromatic nitrogens is 6. The summed E-state index contributed by atoms with van der Waals surface area (Å²) in [6.07, 6.45) is 2.74. The van der Waals surface area contributed by atoms with Gasteiger partial charge in [0.2, 0.25) is 11.2 Å². The van der Waals surface area contributed by atoms with Gasteiger partial charge in [0.25, 0.3) is 5.95 Å². The Kier molecular flexibility index (Phi) is 3.88. The molecule has 0 radical (unpaired) electrons. The summed E-state index contributed by atoms with van der Waals surface area (Å²) in [5.41, 5.74) is -0.968. The van der Waals surface area contributed by atoms with Crippen LogP contribution in [0.1, 0.15) is 6.92 Å². The molecule has 0 fully saturated rings. The molecule has 10 heteroatoms. The summed E-state index contributed by atoms with van der Waals surface area (Å²) in [4.78, 5) is 15.6. The second-order valence-corrected chi connectivity index (χ2v) is 4.41. The Balaban J connectivity index is 2.32. The van der Waals surface area contributed by atoms with Gasteiger partial charge in [-0.1, -0.05) is 0 Å². The van der Waals surface area contributed by atoms with Gasteiger partial charge < -0.3 is 15.5 Å². The Morgan fingerprint density at radius 1 is 1.32 bits per heavy atom. The summed E-state index contributed by atoms with van der Waals surface area (Å²) >= 11 is 5.79. The maximum absolute atomic E-state index is 9.21. The molecule has 0 aliphatic heterocycles. The molecule has 102 valence electrons. The summed E-state index contributed by atoms with van der Waals surface area (Å²) in [6, 6.07) is 0. The SMILES string of the molecule is CC(CO)(CO)Nc1nc(Cl)nc(-n2cncn2)n1. The van der Waals surface area contributed by atoms with Crippen molar-refractivity contribution in [2.45, 2.75) is 12.5 Å². The van der Waals surface area contributed by atoms with E-state index in [-0.39, 0.29) is 30.4 Å². The van der Waals surface area contributed by atoms with Crippen molar-refractivity contribution < 1.29 is 10.2 Å². The molecule has 3 N–H and O–H groups in total. The van der Waals surface area contributed by atoms with E-state index in [0.29, 0.717) is 0 Å². The predicted octanol–water partition coefficient (Wildman–Crippen LogP) is -0.739. The minimum Gasteiger partial charge on any atom is -0.394 e. The van der Waals surface area contributed by atoms with Gasteiger partial charge in [0, 0.05) is 0 Å². The number of hydrogen-bond acceptors (Lipinski definition) is 8. The van der Waals surface area contributed by atoms with E-state index in [2.05, 4.69) is 30.4 Å². The Labute approximate surface area is 113 Å². The van der Waals surface area contributed by atoms with Crippen LogP contribution in [-0.2, 0) is 0 Å². The van der Waals surface area contributed by atoms with Gasteiger partial charge in [0.15, 0.2) is 0 Å². The van der Waals surface area contributed by atoms with Gasteiger partial charge in [-0.3, -0.25) is 0 Å². The molecule has 19 heavy (non-hydrogen) atoms. The molecule has 0 aliphatic rings. The number of rotatable bonds is 5. The Bertz CT molecular complexity index is 544. The zero-order valence-corrected chi connectivity index (χ0v) is 10.8. The fourth-order valence-corrected chi connectivity index (χ4v) is 1.36. The van der Waals surface area contributed by atoms with Crippen LogP contribution in [0.15, 0.2) is 12.7 Å². The van der Waals surface area contributed by atoms with Gasteiger partial charge in [-0.15, -0.1) is 0 Å². The minimum absolute atomic E-state index is 0.0405. The lowest BCUT2D eigenvalue weighted by Gasteiger charge is -2.26. The number of nitrogens with zero attached hydrogens (tertiary/aromatic N) is 6. The molecule has 2 heterocycles. The summed E-state index contributed by atoms with van der Waals surface area (Å²) in [5, 5.41) is 25.1. The largest absolute Gasteiger partial charge is 0.394 e. The van der Waals surface area contributed by atoms with Crippen LogP contribution < -0.4 is 5.32 Å². The highest BCUT2D eigenvalue weighted by atomic mass is 35.5. The lowest BCUT2D eigenvalue weighted by molar-refractivity contribution is 0.147. The first kappa shape index (κ1) is 13.6. The van der Waals surface area contributed by atoms with E-state index in [1.807, 2.05) is 0 Å². The van der Waals surface area contributed by atoms with Gasteiger partial charge in [0.05, 0.1) is 18.8 Å². The van der Waals surface area contributed by atoms with Gasteiger partial charge in [-0.05, 0) is 18.5 Å². The van der Waals surface area contributed by atoms with Crippen LogP contribution in [0.5, 0.6) is 0 Å². The molecule has 2 rings (SSSR count). The predicted molar refractivity (Wildman–Crippen MR) is 66.0 cm³/mol. The van der Waals surface area contributed by atoms with Crippen LogP contribution in [0, 0.1) is 0 Å². The molecule has 0 bridgehead atoms. The second kappa shape index (κ2) is 5.43. The Morgan fingerprint density at radius 3 is 2.63 bits per heavy atom. The van der Waals surface area contributed by atoms with Crippen LogP contribution in [0.4, 0.5) is 5.95 Å². The fourth-order valence-electron chi connectivity index (χ4n) is 1.21. The topological polar surface area (TPSA) is 122 Å². The van der Waals surface area contributed by atoms with E-state index in [9.17, 15) is 10.2 Å². The molecule has 0 spiro atoms. The van der Waals surface area contributed by atoms with E-state index in [4.69, 9.17) is 11.6 Å². The highest BCUT2D eigenvalue weighted by Gasteiger charge is 2.23. The highest BCUT2D eigenvalue weighted by molar-refractivity contribution is 6.28. The first-order chi connectivity index (χ1) is 9.06. The lowest BCUT2D eigenvalue weighted by atomic mass is 10.1. The number of aliphatic hydroxyl groups is 2. The third-order valence-electron chi connectivity index (χ3n) is 2.33. The molecular formula is C9H12ClN7O2. The molecule has 0 saturated carbocycles. The number of hydrogen-bond donors (Lipinski definition) is 3. The van der Waals surface area contributed by atoms with Crippen LogP contribution >= 0.6 is 11.6 Å². The van der Waals surface area contributed by atoms with Crippen molar-refractivity contribution in [3.8, 4) is 5.95 Å². The van der Waals surface area contributed by atoms with Crippen molar-refractivity contribution in [3.63, 3.8) is 0 Å². The van der Waals surface area contributed by atoms with E-state index >= 15 is 0 Å². The minimum atomic E-state index is -0.968. The molecular weight excluding hydrogens is 274 g/mol. The summed E-state index contributed by atoms with van der Waals surface area (Å²) in [5.74, 6) is 0.300. The molecule has 0 unspecified atom stereocenters. The average molecular weight is 286 g/mol. The molecule has 0 saturated heterocycles. The van der Waals surface area contributed by atoms with Crippen molar-refractivity contribution in [3.05, 3.63) is 17.9 Å². The third kappa shape index (κ3) is 3.13. The number of anilines is 1. The quantitative estimate of drug-likeness (QED) is 0.657. The zero-order chi connectivity index (χ0) is 13.9. The second-order valence-electron chi connectivity index (χ2n) is 4.07. The molecule has 2 aromatic rings. The van der Waals surface area contributed by atoms with E-state index in [0.717, 1.165) is 0 Å². The normalized spacial score (nSPS) is 11.6. The number of nitrogens with one attached hydrogen (secondary N) is 1. The van der Waals surface area contributed by atoms with Crippen LogP contribution in [0.3, 0.4) is 0 Å². The third-order valence-corrected chi connectivity index (χ3v) is 2.50. The number of halogens is 1.